The highest BCUT2D eigenvalue weighted by Gasteiger charge is 2.50. The number of hydrazine groups is 1. The maximum Gasteiger partial charge on any atom is 0.344 e. The van der Waals surface area contributed by atoms with E-state index in [1.807, 2.05) is 41.7 Å². The third-order valence-electron chi connectivity index (χ3n) is 5.24. The highest BCUT2D eigenvalue weighted by Crippen LogP contribution is 2.27. The normalized spacial score (nSPS) is 19.9. The maximum atomic E-state index is 12.9. The number of nitrogens with two attached hydrogens (primary N) is 1. The lowest BCUT2D eigenvalue weighted by molar-refractivity contribution is -0.692. The summed E-state index contributed by atoms with van der Waals surface area (Å²) in [5.41, 5.74) is 3.03. The second-order valence-electron chi connectivity index (χ2n) is 7.72. The second kappa shape index (κ2) is 8.45. The van der Waals surface area contributed by atoms with Gasteiger partial charge in [-0.05, 0) is 12.5 Å². The number of carbonyl (C=O) groups excluding carboxylic acids is 3. The fraction of sp³-hybridized carbons (Fsp3) is 0.318. The first-order valence-electron chi connectivity index (χ1n) is 9.73. The molecule has 7 heteroatoms. The summed E-state index contributed by atoms with van der Waals surface area (Å²) in [5, 5.41) is 5.37. The highest BCUT2D eigenvalue weighted by molar-refractivity contribution is 6.08. The largest absolute Gasteiger partial charge is 0.344 e. The lowest BCUT2D eigenvalue weighted by Gasteiger charge is -2.22. The first-order chi connectivity index (χ1) is 13.8. The van der Waals surface area contributed by atoms with Crippen LogP contribution in [-0.2, 0) is 15.1 Å². The standard InChI is InChI=1S/C22H26N4O3/c1-15(2)19(16-10-6-4-7-11-16)23-14-18(27)25-26-20(28)22(3,24-21(26)29)17-12-8-5-9-13-17/h4-13,15,19,23H,14H2,1-3H3,(H,24,29)(H,25,27)/p+1/t19-,22+/m1/s1. The van der Waals surface area contributed by atoms with Crippen LogP contribution in [0.4, 0.5) is 4.79 Å². The van der Waals surface area contributed by atoms with Crippen LogP contribution in [0.5, 0.6) is 0 Å². The molecule has 29 heavy (non-hydrogen) atoms. The minimum Gasteiger partial charge on any atom is -0.332 e. The van der Waals surface area contributed by atoms with E-state index in [2.05, 4.69) is 24.6 Å². The van der Waals surface area contributed by atoms with Gasteiger partial charge < -0.3 is 10.6 Å². The van der Waals surface area contributed by atoms with E-state index in [4.69, 9.17) is 0 Å². The van der Waals surface area contributed by atoms with Gasteiger partial charge in [0.25, 0.3) is 11.8 Å². The van der Waals surface area contributed by atoms with Crippen molar-refractivity contribution in [1.29, 1.82) is 0 Å². The summed E-state index contributed by atoms with van der Waals surface area (Å²) in [6.07, 6.45) is 0. The van der Waals surface area contributed by atoms with Gasteiger partial charge in [-0.3, -0.25) is 15.0 Å². The molecule has 0 saturated carbocycles. The first kappa shape index (κ1) is 20.5. The molecule has 0 unspecified atom stereocenters. The average molecular weight is 395 g/mol. The molecule has 1 fully saturated rings. The minimum atomic E-state index is -1.21. The number of urea groups is 1. The van der Waals surface area contributed by atoms with Gasteiger partial charge in [-0.1, -0.05) is 74.5 Å². The number of benzene rings is 2. The molecule has 2 aromatic rings. The van der Waals surface area contributed by atoms with Crippen LogP contribution in [-0.4, -0.2) is 29.4 Å². The predicted molar refractivity (Wildman–Crippen MR) is 108 cm³/mol. The van der Waals surface area contributed by atoms with E-state index >= 15 is 0 Å². The Labute approximate surface area is 170 Å². The van der Waals surface area contributed by atoms with Crippen LogP contribution in [0.1, 0.15) is 37.9 Å². The monoisotopic (exact) mass is 395 g/mol. The Bertz CT molecular complexity index is 885. The predicted octanol–water partition coefficient (Wildman–Crippen LogP) is 1.45. The molecule has 1 saturated heterocycles. The minimum absolute atomic E-state index is 0.0941. The fourth-order valence-corrected chi connectivity index (χ4v) is 3.58. The van der Waals surface area contributed by atoms with Gasteiger partial charge in [0.05, 0.1) is 0 Å². The molecule has 0 radical (unpaired) electrons. The number of imide groups is 1. The Morgan fingerprint density at radius 3 is 2.24 bits per heavy atom. The Morgan fingerprint density at radius 2 is 1.66 bits per heavy atom. The number of carbonyl (C=O) groups is 3. The molecule has 1 aliphatic heterocycles. The number of quaternary nitrogens is 1. The van der Waals surface area contributed by atoms with Crippen LogP contribution in [0, 0.1) is 5.92 Å². The molecule has 7 nitrogen and oxygen atoms in total. The van der Waals surface area contributed by atoms with E-state index < -0.39 is 23.4 Å². The maximum absolute atomic E-state index is 12.9. The average Bonchev–Trinajstić information content (AvgIpc) is 2.93. The third kappa shape index (κ3) is 4.30. The molecular formula is C22H27N4O3+. The van der Waals surface area contributed by atoms with Gasteiger partial charge in [0.2, 0.25) is 0 Å². The third-order valence-corrected chi connectivity index (χ3v) is 5.24. The van der Waals surface area contributed by atoms with Crippen LogP contribution < -0.4 is 16.1 Å². The van der Waals surface area contributed by atoms with Gasteiger partial charge in [-0.25, -0.2) is 4.79 Å². The van der Waals surface area contributed by atoms with Gasteiger partial charge in [-0.15, -0.1) is 0 Å². The number of amides is 4. The SMILES string of the molecule is CC(C)[C@@H]([NH2+]CC(=O)NN1C(=O)N[C@@](C)(c2ccccc2)C1=O)c1ccccc1. The molecule has 4 amide bonds. The number of hydrogen-bond acceptors (Lipinski definition) is 3. The Kier molecular flexibility index (Phi) is 5.98. The second-order valence-corrected chi connectivity index (χ2v) is 7.72. The van der Waals surface area contributed by atoms with Crippen molar-refractivity contribution in [3.05, 3.63) is 71.8 Å². The number of rotatable bonds is 7. The molecule has 4 N–H and O–H groups in total. The summed E-state index contributed by atoms with van der Waals surface area (Å²) in [5.74, 6) is -0.610. The summed E-state index contributed by atoms with van der Waals surface area (Å²) in [7, 11) is 0. The van der Waals surface area contributed by atoms with Crippen molar-refractivity contribution < 1.29 is 19.7 Å². The molecule has 0 spiro atoms. The van der Waals surface area contributed by atoms with Crippen molar-refractivity contribution in [2.24, 2.45) is 5.92 Å². The van der Waals surface area contributed by atoms with Gasteiger partial charge in [0.1, 0.15) is 11.6 Å². The van der Waals surface area contributed by atoms with Crippen LogP contribution in [0.25, 0.3) is 0 Å². The molecule has 152 valence electrons. The fourth-order valence-electron chi connectivity index (χ4n) is 3.58. The molecule has 1 heterocycles. The lowest BCUT2D eigenvalue weighted by atomic mass is 9.92. The zero-order valence-electron chi connectivity index (χ0n) is 16.9. The summed E-state index contributed by atoms with van der Waals surface area (Å²) >= 11 is 0. The Morgan fingerprint density at radius 1 is 1.07 bits per heavy atom. The van der Waals surface area contributed by atoms with Crippen LogP contribution >= 0.6 is 0 Å². The van der Waals surface area contributed by atoms with Gasteiger partial charge >= 0.3 is 6.03 Å². The van der Waals surface area contributed by atoms with Crippen molar-refractivity contribution in [2.75, 3.05) is 6.54 Å². The zero-order valence-corrected chi connectivity index (χ0v) is 16.9. The van der Waals surface area contributed by atoms with Crippen molar-refractivity contribution in [3.63, 3.8) is 0 Å². The van der Waals surface area contributed by atoms with E-state index in [0.717, 1.165) is 10.6 Å². The number of nitrogens with zero attached hydrogens (tertiary/aromatic N) is 1. The molecule has 0 bridgehead atoms. The van der Waals surface area contributed by atoms with Crippen LogP contribution in [0.2, 0.25) is 0 Å². The van der Waals surface area contributed by atoms with E-state index in [1.165, 1.54) is 0 Å². The molecule has 1 aliphatic rings. The van der Waals surface area contributed by atoms with E-state index in [1.54, 1.807) is 31.2 Å². The lowest BCUT2D eigenvalue weighted by Crippen LogP contribution is -2.88. The molecule has 2 aromatic carbocycles. The molecule has 3 rings (SSSR count). The summed E-state index contributed by atoms with van der Waals surface area (Å²) in [6, 6.07) is 18.4. The van der Waals surface area contributed by atoms with Gasteiger partial charge in [0.15, 0.2) is 6.54 Å². The Hall–Kier alpha value is -3.19. The summed E-state index contributed by atoms with van der Waals surface area (Å²) in [6.45, 7) is 5.91. The summed E-state index contributed by atoms with van der Waals surface area (Å²) in [4.78, 5) is 37.7. The zero-order chi connectivity index (χ0) is 21.0. The van der Waals surface area contributed by atoms with Crippen molar-refractivity contribution in [1.82, 2.24) is 15.8 Å². The van der Waals surface area contributed by atoms with Crippen molar-refractivity contribution in [3.8, 4) is 0 Å². The topological polar surface area (TPSA) is 95.1 Å². The van der Waals surface area contributed by atoms with E-state index in [9.17, 15) is 14.4 Å². The summed E-state index contributed by atoms with van der Waals surface area (Å²) < 4.78 is 0. The highest BCUT2D eigenvalue weighted by atomic mass is 16.2. The molecule has 0 aliphatic carbocycles. The van der Waals surface area contributed by atoms with Crippen molar-refractivity contribution in [2.45, 2.75) is 32.4 Å². The number of nitrogens with one attached hydrogen (secondary N) is 2. The molecule has 0 aromatic heterocycles. The molecule has 2 atom stereocenters. The van der Waals surface area contributed by atoms with Gasteiger partial charge in [-0.2, -0.15) is 5.01 Å². The van der Waals surface area contributed by atoms with E-state index in [0.29, 0.717) is 11.5 Å². The van der Waals surface area contributed by atoms with Crippen LogP contribution in [0.15, 0.2) is 60.7 Å². The first-order valence-corrected chi connectivity index (χ1v) is 9.73. The van der Waals surface area contributed by atoms with Crippen LogP contribution in [0.3, 0.4) is 0 Å². The smallest absolute Gasteiger partial charge is 0.332 e. The van der Waals surface area contributed by atoms with Crippen molar-refractivity contribution >= 4 is 17.8 Å². The van der Waals surface area contributed by atoms with Gasteiger partial charge in [0, 0.05) is 11.5 Å². The molecular weight excluding hydrogens is 368 g/mol. The Balaban J connectivity index is 1.65. The number of hydrogen-bond donors (Lipinski definition) is 3. The quantitative estimate of drug-likeness (QED) is 0.619. The van der Waals surface area contributed by atoms with E-state index in [-0.39, 0.29) is 12.6 Å².